The van der Waals surface area contributed by atoms with Gasteiger partial charge in [-0.1, -0.05) is 6.07 Å². The number of nitrogens with two attached hydrogens (primary N) is 1. The summed E-state index contributed by atoms with van der Waals surface area (Å²) in [5.74, 6) is 0.906. The third-order valence-corrected chi connectivity index (χ3v) is 3.41. The second-order valence-corrected chi connectivity index (χ2v) is 4.42. The zero-order valence-electron chi connectivity index (χ0n) is 9.35. The van der Waals surface area contributed by atoms with Crippen molar-refractivity contribution in [1.29, 1.82) is 0 Å². The van der Waals surface area contributed by atoms with E-state index in [1.165, 1.54) is 11.1 Å². The molecule has 1 aromatic carbocycles. The topological polar surface area (TPSA) is 35.2 Å². The lowest BCUT2D eigenvalue weighted by Crippen LogP contribution is -2.00. The van der Waals surface area contributed by atoms with Crippen LogP contribution in [0.5, 0.6) is 5.75 Å². The van der Waals surface area contributed by atoms with Crippen LogP contribution in [-0.2, 0) is 6.42 Å². The maximum absolute atomic E-state index is 5.49. The molecule has 3 heteroatoms. The fourth-order valence-corrected chi connectivity index (χ4v) is 2.41. The molecule has 0 aliphatic carbocycles. The lowest BCUT2D eigenvalue weighted by molar-refractivity contribution is 0.411. The minimum atomic E-state index is 0.765. The molecule has 0 radical (unpaired) electrons. The molecule has 0 fully saturated rings. The van der Waals surface area contributed by atoms with Crippen molar-refractivity contribution in [3.05, 3.63) is 27.7 Å². The number of hydrogen-bond acceptors (Lipinski definition) is 2. The molecule has 0 heterocycles. The van der Waals surface area contributed by atoms with Gasteiger partial charge < -0.3 is 10.5 Å². The summed E-state index contributed by atoms with van der Waals surface area (Å²) >= 11 is 3.59. The quantitative estimate of drug-likeness (QED) is 0.836. The van der Waals surface area contributed by atoms with Gasteiger partial charge in [0.2, 0.25) is 0 Å². The SMILES string of the molecule is COc1ccc(C)c(CCCCN)c1Br. The fourth-order valence-electron chi connectivity index (χ4n) is 1.61. The summed E-state index contributed by atoms with van der Waals surface area (Å²) in [7, 11) is 1.69. The molecule has 2 N–H and O–H groups in total. The Bertz CT molecular complexity index is 326. The summed E-state index contributed by atoms with van der Waals surface area (Å²) in [6.07, 6.45) is 3.26. The number of ether oxygens (including phenoxy) is 1. The van der Waals surface area contributed by atoms with Crippen molar-refractivity contribution in [2.75, 3.05) is 13.7 Å². The molecular weight excluding hydrogens is 254 g/mol. The molecule has 0 saturated heterocycles. The molecule has 0 aliphatic rings. The van der Waals surface area contributed by atoms with E-state index in [0.717, 1.165) is 36.0 Å². The maximum Gasteiger partial charge on any atom is 0.133 e. The van der Waals surface area contributed by atoms with Crippen LogP contribution in [0.2, 0.25) is 0 Å². The average Bonchev–Trinajstić information content (AvgIpc) is 2.23. The largest absolute Gasteiger partial charge is 0.496 e. The van der Waals surface area contributed by atoms with Gasteiger partial charge in [-0.3, -0.25) is 0 Å². The lowest BCUT2D eigenvalue weighted by atomic mass is 10.0. The third-order valence-electron chi connectivity index (χ3n) is 2.54. The first-order chi connectivity index (χ1) is 7.20. The highest BCUT2D eigenvalue weighted by molar-refractivity contribution is 9.10. The van der Waals surface area contributed by atoms with Crippen molar-refractivity contribution < 1.29 is 4.74 Å². The van der Waals surface area contributed by atoms with Gasteiger partial charge in [0.25, 0.3) is 0 Å². The molecule has 0 spiro atoms. The van der Waals surface area contributed by atoms with Gasteiger partial charge in [-0.25, -0.2) is 0 Å². The summed E-state index contributed by atoms with van der Waals surface area (Å²) in [6, 6.07) is 4.09. The van der Waals surface area contributed by atoms with Crippen LogP contribution in [0.1, 0.15) is 24.0 Å². The van der Waals surface area contributed by atoms with Crippen LogP contribution in [0.3, 0.4) is 0 Å². The highest BCUT2D eigenvalue weighted by atomic mass is 79.9. The molecule has 0 atom stereocenters. The van der Waals surface area contributed by atoms with Crippen LogP contribution in [0.15, 0.2) is 16.6 Å². The molecule has 0 amide bonds. The van der Waals surface area contributed by atoms with E-state index in [1.54, 1.807) is 7.11 Å². The van der Waals surface area contributed by atoms with E-state index in [2.05, 4.69) is 28.9 Å². The number of aryl methyl sites for hydroxylation is 1. The molecule has 0 unspecified atom stereocenters. The van der Waals surface area contributed by atoms with Gasteiger partial charge in [0.1, 0.15) is 5.75 Å². The van der Waals surface area contributed by atoms with E-state index in [9.17, 15) is 0 Å². The first-order valence-electron chi connectivity index (χ1n) is 5.22. The molecular formula is C12H18BrNO. The van der Waals surface area contributed by atoms with Crippen molar-refractivity contribution in [3.8, 4) is 5.75 Å². The second kappa shape index (κ2) is 6.13. The van der Waals surface area contributed by atoms with Crippen molar-refractivity contribution in [2.24, 2.45) is 5.73 Å². The summed E-state index contributed by atoms with van der Waals surface area (Å²) in [5, 5.41) is 0. The number of halogens is 1. The second-order valence-electron chi connectivity index (χ2n) is 3.62. The Morgan fingerprint density at radius 2 is 2.07 bits per heavy atom. The minimum absolute atomic E-state index is 0.765. The number of benzene rings is 1. The Balaban J connectivity index is 2.84. The van der Waals surface area contributed by atoms with Crippen molar-refractivity contribution >= 4 is 15.9 Å². The smallest absolute Gasteiger partial charge is 0.133 e. The molecule has 1 rings (SSSR count). The number of methoxy groups -OCH3 is 1. The Morgan fingerprint density at radius 1 is 1.33 bits per heavy atom. The monoisotopic (exact) mass is 271 g/mol. The van der Waals surface area contributed by atoms with E-state index >= 15 is 0 Å². The first kappa shape index (κ1) is 12.5. The average molecular weight is 272 g/mol. The van der Waals surface area contributed by atoms with Crippen LogP contribution in [0, 0.1) is 6.92 Å². The van der Waals surface area contributed by atoms with Crippen LogP contribution in [0.4, 0.5) is 0 Å². The van der Waals surface area contributed by atoms with E-state index in [1.807, 2.05) is 6.07 Å². The highest BCUT2D eigenvalue weighted by Gasteiger charge is 2.08. The van der Waals surface area contributed by atoms with E-state index in [0.29, 0.717) is 0 Å². The minimum Gasteiger partial charge on any atom is -0.496 e. The van der Waals surface area contributed by atoms with Gasteiger partial charge in [0.05, 0.1) is 11.6 Å². The van der Waals surface area contributed by atoms with Gasteiger partial charge in [0.15, 0.2) is 0 Å². The fraction of sp³-hybridized carbons (Fsp3) is 0.500. The van der Waals surface area contributed by atoms with Crippen molar-refractivity contribution in [3.63, 3.8) is 0 Å². The summed E-state index contributed by atoms with van der Waals surface area (Å²) in [6.45, 7) is 2.89. The van der Waals surface area contributed by atoms with Gasteiger partial charge >= 0.3 is 0 Å². The molecule has 0 saturated carbocycles. The number of hydrogen-bond donors (Lipinski definition) is 1. The molecule has 1 aromatic rings. The predicted molar refractivity (Wildman–Crippen MR) is 67.4 cm³/mol. The summed E-state index contributed by atoms with van der Waals surface area (Å²) in [5.41, 5.74) is 8.13. The Morgan fingerprint density at radius 3 is 2.67 bits per heavy atom. The third kappa shape index (κ3) is 3.21. The lowest BCUT2D eigenvalue weighted by Gasteiger charge is -2.11. The van der Waals surface area contributed by atoms with Gasteiger partial charge in [0, 0.05) is 0 Å². The first-order valence-corrected chi connectivity index (χ1v) is 6.02. The van der Waals surface area contributed by atoms with Gasteiger partial charge in [-0.15, -0.1) is 0 Å². The summed E-state index contributed by atoms with van der Waals surface area (Å²) in [4.78, 5) is 0. The molecule has 0 aliphatic heterocycles. The van der Waals surface area contributed by atoms with Crippen LogP contribution < -0.4 is 10.5 Å². The number of unbranched alkanes of at least 4 members (excludes halogenated alkanes) is 1. The standard InChI is InChI=1S/C12H18BrNO/c1-9-6-7-11(15-2)12(13)10(9)5-3-4-8-14/h6-7H,3-5,8,14H2,1-2H3. The summed E-state index contributed by atoms with van der Waals surface area (Å²) < 4.78 is 6.36. The van der Waals surface area contributed by atoms with Gasteiger partial charge in [-0.05, 0) is 65.9 Å². The van der Waals surface area contributed by atoms with E-state index in [4.69, 9.17) is 10.5 Å². The van der Waals surface area contributed by atoms with Crippen molar-refractivity contribution in [2.45, 2.75) is 26.2 Å². The highest BCUT2D eigenvalue weighted by Crippen LogP contribution is 2.31. The van der Waals surface area contributed by atoms with Crippen LogP contribution in [0.25, 0.3) is 0 Å². The van der Waals surface area contributed by atoms with Gasteiger partial charge in [-0.2, -0.15) is 0 Å². The number of rotatable bonds is 5. The Hall–Kier alpha value is -0.540. The zero-order valence-corrected chi connectivity index (χ0v) is 10.9. The van der Waals surface area contributed by atoms with Crippen molar-refractivity contribution in [1.82, 2.24) is 0 Å². The van der Waals surface area contributed by atoms with E-state index < -0.39 is 0 Å². The Kier molecular flexibility index (Phi) is 5.12. The Labute approximate surface area is 99.9 Å². The molecule has 15 heavy (non-hydrogen) atoms. The molecule has 84 valence electrons. The zero-order chi connectivity index (χ0) is 11.3. The molecule has 0 bridgehead atoms. The van der Waals surface area contributed by atoms with E-state index in [-0.39, 0.29) is 0 Å². The molecule has 2 nitrogen and oxygen atoms in total. The predicted octanol–water partition coefficient (Wildman–Crippen LogP) is 3.05. The molecule has 0 aromatic heterocycles. The van der Waals surface area contributed by atoms with Crippen LogP contribution >= 0.6 is 15.9 Å². The normalized spacial score (nSPS) is 10.4. The maximum atomic E-state index is 5.49. The van der Waals surface area contributed by atoms with Crippen LogP contribution in [-0.4, -0.2) is 13.7 Å².